The minimum Gasteiger partial charge on any atom is -0.481 e. The lowest BCUT2D eigenvalue weighted by molar-refractivity contribution is -0.138. The summed E-state index contributed by atoms with van der Waals surface area (Å²) in [6.07, 6.45) is 5.68. The van der Waals surface area contributed by atoms with E-state index in [0.717, 1.165) is 41.1 Å². The number of urea groups is 1. The molecule has 34 heavy (non-hydrogen) atoms. The highest BCUT2D eigenvalue weighted by molar-refractivity contribution is 7.15. The van der Waals surface area contributed by atoms with Gasteiger partial charge in [0.2, 0.25) is 0 Å². The number of nitrogens with zero attached hydrogens (tertiary/aromatic N) is 1. The number of amides is 2. The molecule has 1 aliphatic rings. The van der Waals surface area contributed by atoms with E-state index in [1.807, 2.05) is 18.3 Å². The van der Waals surface area contributed by atoms with Crippen molar-refractivity contribution < 1.29 is 27.9 Å². The predicted molar refractivity (Wildman–Crippen MR) is 123 cm³/mol. The Kier molecular flexibility index (Phi) is 7.16. The van der Waals surface area contributed by atoms with Crippen LogP contribution in [0.2, 0.25) is 0 Å². The number of halogens is 3. The molecule has 0 atom stereocenters. The number of hydrogen-bond donors (Lipinski definition) is 3. The zero-order valence-electron chi connectivity index (χ0n) is 18.0. The monoisotopic (exact) mass is 489 g/mol. The highest BCUT2D eigenvalue weighted by Gasteiger charge is 2.26. The van der Waals surface area contributed by atoms with Crippen LogP contribution in [0.3, 0.4) is 0 Å². The van der Waals surface area contributed by atoms with Gasteiger partial charge in [-0.15, -0.1) is 11.3 Å². The number of anilines is 2. The molecular weight excluding hydrogens is 467 g/mol. The largest absolute Gasteiger partial charge is 0.481 e. The Labute approximate surface area is 197 Å². The Morgan fingerprint density at radius 3 is 2.32 bits per heavy atom. The van der Waals surface area contributed by atoms with E-state index in [1.54, 1.807) is 23.5 Å². The van der Waals surface area contributed by atoms with Crippen LogP contribution in [-0.4, -0.2) is 22.1 Å². The molecule has 178 valence electrons. The van der Waals surface area contributed by atoms with Gasteiger partial charge in [-0.25, -0.2) is 22.9 Å². The molecule has 1 aromatic heterocycles. The summed E-state index contributed by atoms with van der Waals surface area (Å²) < 4.78 is 40.0. The van der Waals surface area contributed by atoms with Crippen molar-refractivity contribution in [3.8, 4) is 10.4 Å². The highest BCUT2D eigenvalue weighted by Crippen LogP contribution is 2.40. The first-order valence-corrected chi connectivity index (χ1v) is 11.6. The van der Waals surface area contributed by atoms with Crippen molar-refractivity contribution in [3.63, 3.8) is 0 Å². The third kappa shape index (κ3) is 5.74. The van der Waals surface area contributed by atoms with E-state index in [9.17, 15) is 22.8 Å². The summed E-state index contributed by atoms with van der Waals surface area (Å²) in [5.41, 5.74) is 0.883. The maximum Gasteiger partial charge on any atom is 0.323 e. The predicted octanol–water partition coefficient (Wildman–Crippen LogP) is 6.62. The number of nitrogens with one attached hydrogen (secondary N) is 2. The number of carbonyl (C=O) groups is 2. The van der Waals surface area contributed by atoms with Gasteiger partial charge in [0.05, 0.1) is 15.6 Å². The molecule has 1 fully saturated rings. The lowest BCUT2D eigenvalue weighted by Gasteiger charge is -2.26. The summed E-state index contributed by atoms with van der Waals surface area (Å²) in [7, 11) is 0. The molecule has 6 nitrogen and oxygen atoms in total. The van der Waals surface area contributed by atoms with E-state index < -0.39 is 35.1 Å². The molecule has 0 radical (unpaired) electrons. The zero-order valence-corrected chi connectivity index (χ0v) is 18.8. The van der Waals surface area contributed by atoms with Gasteiger partial charge in [0, 0.05) is 36.4 Å². The summed E-state index contributed by atoms with van der Waals surface area (Å²) in [5.74, 6) is -3.85. The van der Waals surface area contributed by atoms with Gasteiger partial charge < -0.3 is 15.7 Å². The van der Waals surface area contributed by atoms with Crippen LogP contribution in [0.4, 0.5) is 29.3 Å². The topological polar surface area (TPSA) is 91.3 Å². The molecule has 3 aromatic rings. The number of carboxylic acids is 1. The maximum absolute atomic E-state index is 13.7. The molecule has 10 heteroatoms. The number of aliphatic carboxylic acids is 1. The molecule has 0 unspecified atom stereocenters. The summed E-state index contributed by atoms with van der Waals surface area (Å²) in [6, 6.07) is 7.12. The number of hydrogen-bond acceptors (Lipinski definition) is 4. The first kappa shape index (κ1) is 23.7. The molecule has 0 spiro atoms. The highest BCUT2D eigenvalue weighted by atomic mass is 32.1. The first-order chi connectivity index (χ1) is 16.3. The lowest BCUT2D eigenvalue weighted by Crippen LogP contribution is -2.20. The van der Waals surface area contributed by atoms with Crippen LogP contribution in [0.1, 0.15) is 43.0 Å². The Balaban J connectivity index is 1.34. The standard InChI is InChI=1S/C24H22F3N3O3S/c25-17-10-19(27)20(11-18(17)26)30-24(33)29-16-7-5-14(6-8-16)21-12-28-23(34-21)15-3-1-13(2-4-15)9-22(31)32/h5-8,10-13,15H,1-4,9H2,(H,31,32)(H2,29,30,33). The summed E-state index contributed by atoms with van der Waals surface area (Å²) in [5, 5.41) is 14.7. The molecule has 3 N–H and O–H groups in total. The van der Waals surface area contributed by atoms with Crippen LogP contribution in [-0.2, 0) is 4.79 Å². The fraction of sp³-hybridized carbons (Fsp3) is 0.292. The van der Waals surface area contributed by atoms with E-state index >= 15 is 0 Å². The quantitative estimate of drug-likeness (QED) is 0.339. The molecule has 0 bridgehead atoms. The van der Waals surface area contributed by atoms with Gasteiger partial charge in [-0.3, -0.25) is 4.79 Å². The van der Waals surface area contributed by atoms with Gasteiger partial charge in [-0.2, -0.15) is 0 Å². The van der Waals surface area contributed by atoms with Gasteiger partial charge in [0.15, 0.2) is 11.6 Å². The van der Waals surface area contributed by atoms with Gasteiger partial charge >= 0.3 is 12.0 Å². The normalized spacial score (nSPS) is 17.9. The summed E-state index contributed by atoms with van der Waals surface area (Å²) in [6.45, 7) is 0. The van der Waals surface area contributed by atoms with Crippen LogP contribution in [0.25, 0.3) is 10.4 Å². The smallest absolute Gasteiger partial charge is 0.323 e. The Bertz CT molecular complexity index is 1190. The van der Waals surface area contributed by atoms with Crippen molar-refractivity contribution in [3.05, 3.63) is 65.1 Å². The zero-order chi connectivity index (χ0) is 24.2. The van der Waals surface area contributed by atoms with Crippen molar-refractivity contribution in [2.45, 2.75) is 38.0 Å². The second-order valence-corrected chi connectivity index (χ2v) is 9.34. The van der Waals surface area contributed by atoms with Gasteiger partial charge in [0.1, 0.15) is 5.82 Å². The average Bonchev–Trinajstić information content (AvgIpc) is 3.28. The van der Waals surface area contributed by atoms with E-state index in [2.05, 4.69) is 15.6 Å². The molecule has 4 rings (SSSR count). The van der Waals surface area contributed by atoms with Crippen LogP contribution in [0, 0.1) is 23.4 Å². The second-order valence-electron chi connectivity index (χ2n) is 8.28. The van der Waals surface area contributed by atoms with E-state index in [4.69, 9.17) is 5.11 Å². The molecule has 0 saturated heterocycles. The van der Waals surface area contributed by atoms with Gasteiger partial charge in [-0.1, -0.05) is 12.1 Å². The Morgan fingerprint density at radius 2 is 1.65 bits per heavy atom. The maximum atomic E-state index is 13.7. The fourth-order valence-electron chi connectivity index (χ4n) is 4.09. The van der Waals surface area contributed by atoms with Crippen LogP contribution in [0.15, 0.2) is 42.6 Å². The van der Waals surface area contributed by atoms with Crippen LogP contribution < -0.4 is 10.6 Å². The van der Waals surface area contributed by atoms with Crippen LogP contribution >= 0.6 is 11.3 Å². The van der Waals surface area contributed by atoms with Crippen molar-refractivity contribution in [2.24, 2.45) is 5.92 Å². The van der Waals surface area contributed by atoms with E-state index in [1.165, 1.54) is 0 Å². The molecule has 0 aliphatic heterocycles. The second kappa shape index (κ2) is 10.3. The molecule has 1 aliphatic carbocycles. The lowest BCUT2D eigenvalue weighted by atomic mass is 9.81. The van der Waals surface area contributed by atoms with Crippen molar-refractivity contribution in [1.29, 1.82) is 0 Å². The number of aromatic nitrogens is 1. The van der Waals surface area contributed by atoms with E-state index in [-0.39, 0.29) is 12.3 Å². The fourth-order valence-corrected chi connectivity index (χ4v) is 5.18. The van der Waals surface area contributed by atoms with Gasteiger partial charge in [-0.05, 0) is 49.3 Å². The third-order valence-electron chi connectivity index (χ3n) is 5.87. The van der Waals surface area contributed by atoms with Gasteiger partial charge in [0.25, 0.3) is 0 Å². The van der Waals surface area contributed by atoms with Crippen LogP contribution in [0.5, 0.6) is 0 Å². The Hall–Kier alpha value is -3.40. The first-order valence-electron chi connectivity index (χ1n) is 10.8. The van der Waals surface area contributed by atoms with E-state index in [0.29, 0.717) is 23.7 Å². The summed E-state index contributed by atoms with van der Waals surface area (Å²) >= 11 is 1.60. The number of thiazole rings is 1. The van der Waals surface area contributed by atoms with Crippen molar-refractivity contribution in [2.75, 3.05) is 10.6 Å². The number of rotatable bonds is 6. The minimum atomic E-state index is -1.34. The molecule has 1 heterocycles. The average molecular weight is 490 g/mol. The molecular formula is C24H22F3N3O3S. The molecule has 2 amide bonds. The molecule has 2 aromatic carbocycles. The Morgan fingerprint density at radius 1 is 0.971 bits per heavy atom. The van der Waals surface area contributed by atoms with Crippen molar-refractivity contribution >= 4 is 34.7 Å². The number of carboxylic acid groups (broad SMARTS) is 1. The number of carbonyl (C=O) groups excluding carboxylic acids is 1. The van der Waals surface area contributed by atoms with Crippen molar-refractivity contribution in [1.82, 2.24) is 4.98 Å². The number of benzene rings is 2. The molecule has 1 saturated carbocycles. The SMILES string of the molecule is O=C(O)CC1CCC(c2ncc(-c3ccc(NC(=O)Nc4cc(F)c(F)cc4F)cc3)s2)CC1. The minimum absolute atomic E-state index is 0.226. The summed E-state index contributed by atoms with van der Waals surface area (Å²) in [4.78, 5) is 28.5. The third-order valence-corrected chi connectivity index (χ3v) is 7.08.